The standard InChI is InChI=1S/C16H21N3O/c1-2-20-10-9-19-12-17-11-15(19)14-7-3-5-13-6-4-8-18-16(13)14/h3,5,7,11-12,18H,2,4,6,8-10H2,1H3. The highest BCUT2D eigenvalue weighted by atomic mass is 16.5. The van der Waals surface area contributed by atoms with Gasteiger partial charge in [0, 0.05) is 30.9 Å². The van der Waals surface area contributed by atoms with Crippen LogP contribution in [-0.4, -0.2) is 29.3 Å². The summed E-state index contributed by atoms with van der Waals surface area (Å²) in [4.78, 5) is 4.31. The van der Waals surface area contributed by atoms with Crippen molar-refractivity contribution < 1.29 is 4.74 Å². The quantitative estimate of drug-likeness (QED) is 0.850. The highest BCUT2D eigenvalue weighted by molar-refractivity contribution is 5.78. The van der Waals surface area contributed by atoms with Crippen LogP contribution in [0, 0.1) is 0 Å². The smallest absolute Gasteiger partial charge is 0.0951 e. The van der Waals surface area contributed by atoms with E-state index in [0.29, 0.717) is 0 Å². The number of rotatable bonds is 5. The van der Waals surface area contributed by atoms with Crippen molar-refractivity contribution in [3.63, 3.8) is 0 Å². The third kappa shape index (κ3) is 2.56. The van der Waals surface area contributed by atoms with Crippen LogP contribution in [0.1, 0.15) is 18.9 Å². The van der Waals surface area contributed by atoms with Crippen molar-refractivity contribution in [2.75, 3.05) is 25.1 Å². The zero-order valence-electron chi connectivity index (χ0n) is 11.9. The second-order valence-electron chi connectivity index (χ2n) is 5.04. The Balaban J connectivity index is 1.91. The first-order valence-electron chi connectivity index (χ1n) is 7.34. The normalized spacial score (nSPS) is 13.8. The summed E-state index contributed by atoms with van der Waals surface area (Å²) in [5.41, 5.74) is 5.09. The van der Waals surface area contributed by atoms with Crippen molar-refractivity contribution in [1.29, 1.82) is 0 Å². The van der Waals surface area contributed by atoms with Crippen LogP contribution < -0.4 is 5.32 Å². The summed E-state index contributed by atoms with van der Waals surface area (Å²) in [6.07, 6.45) is 6.19. The van der Waals surface area contributed by atoms with Crippen molar-refractivity contribution in [2.24, 2.45) is 0 Å². The van der Waals surface area contributed by atoms with Gasteiger partial charge in [-0.1, -0.05) is 18.2 Å². The van der Waals surface area contributed by atoms with Crippen LogP contribution >= 0.6 is 0 Å². The molecule has 0 amide bonds. The molecule has 1 aromatic heterocycles. The Labute approximate surface area is 119 Å². The van der Waals surface area contributed by atoms with E-state index in [1.54, 1.807) is 0 Å². The zero-order valence-corrected chi connectivity index (χ0v) is 11.9. The molecule has 0 spiro atoms. The van der Waals surface area contributed by atoms with Gasteiger partial charge in [0.25, 0.3) is 0 Å². The van der Waals surface area contributed by atoms with Crippen LogP contribution in [0.2, 0.25) is 0 Å². The van der Waals surface area contributed by atoms with E-state index in [0.717, 1.165) is 38.4 Å². The van der Waals surface area contributed by atoms with Crippen molar-refractivity contribution in [3.8, 4) is 11.3 Å². The Morgan fingerprint density at radius 1 is 1.40 bits per heavy atom. The third-order valence-corrected chi connectivity index (χ3v) is 3.74. The minimum absolute atomic E-state index is 0.725. The summed E-state index contributed by atoms with van der Waals surface area (Å²) in [6.45, 7) is 5.39. The number of para-hydroxylation sites is 1. The molecule has 2 aromatic rings. The van der Waals surface area contributed by atoms with Crippen LogP contribution in [-0.2, 0) is 17.7 Å². The van der Waals surface area contributed by atoms with E-state index in [4.69, 9.17) is 4.74 Å². The number of nitrogens with one attached hydrogen (secondary N) is 1. The first-order valence-corrected chi connectivity index (χ1v) is 7.34. The Bertz CT molecular complexity index is 577. The number of imidazole rings is 1. The average molecular weight is 271 g/mol. The lowest BCUT2D eigenvalue weighted by atomic mass is 9.98. The van der Waals surface area contributed by atoms with Gasteiger partial charge in [-0.05, 0) is 25.3 Å². The van der Waals surface area contributed by atoms with Crippen LogP contribution in [0.15, 0.2) is 30.7 Å². The van der Waals surface area contributed by atoms with Gasteiger partial charge < -0.3 is 14.6 Å². The minimum atomic E-state index is 0.725. The fraction of sp³-hybridized carbons (Fsp3) is 0.438. The van der Waals surface area contributed by atoms with E-state index in [1.807, 2.05) is 19.4 Å². The third-order valence-electron chi connectivity index (χ3n) is 3.74. The highest BCUT2D eigenvalue weighted by Crippen LogP contribution is 2.33. The van der Waals surface area contributed by atoms with Gasteiger partial charge in [-0.15, -0.1) is 0 Å². The van der Waals surface area contributed by atoms with Gasteiger partial charge in [0.2, 0.25) is 0 Å². The maximum atomic E-state index is 5.45. The van der Waals surface area contributed by atoms with Crippen molar-refractivity contribution in [2.45, 2.75) is 26.3 Å². The Kier molecular flexibility index (Phi) is 4.02. The predicted molar refractivity (Wildman–Crippen MR) is 81.0 cm³/mol. The lowest BCUT2D eigenvalue weighted by molar-refractivity contribution is 0.139. The van der Waals surface area contributed by atoms with Gasteiger partial charge >= 0.3 is 0 Å². The first-order chi connectivity index (χ1) is 9.90. The monoisotopic (exact) mass is 271 g/mol. The van der Waals surface area contributed by atoms with E-state index in [9.17, 15) is 0 Å². The number of fused-ring (bicyclic) bond motifs is 1. The molecule has 0 saturated heterocycles. The number of hydrogen-bond donors (Lipinski definition) is 1. The van der Waals surface area contributed by atoms with E-state index in [2.05, 4.69) is 33.1 Å². The molecule has 0 aliphatic carbocycles. The summed E-state index contributed by atoms with van der Waals surface area (Å²) in [5.74, 6) is 0. The van der Waals surface area contributed by atoms with Crippen LogP contribution in [0.5, 0.6) is 0 Å². The van der Waals surface area contributed by atoms with Crippen molar-refractivity contribution in [3.05, 3.63) is 36.3 Å². The number of aromatic nitrogens is 2. The Morgan fingerprint density at radius 3 is 3.25 bits per heavy atom. The fourth-order valence-electron chi connectivity index (χ4n) is 2.75. The number of aryl methyl sites for hydroxylation is 1. The topological polar surface area (TPSA) is 39.1 Å². The molecule has 4 nitrogen and oxygen atoms in total. The molecule has 0 bridgehead atoms. The molecular weight excluding hydrogens is 250 g/mol. The van der Waals surface area contributed by atoms with Crippen LogP contribution in [0.25, 0.3) is 11.3 Å². The van der Waals surface area contributed by atoms with E-state index in [-0.39, 0.29) is 0 Å². The number of nitrogens with zero attached hydrogens (tertiary/aromatic N) is 2. The van der Waals surface area contributed by atoms with E-state index < -0.39 is 0 Å². The lowest BCUT2D eigenvalue weighted by Crippen LogP contribution is -2.13. The van der Waals surface area contributed by atoms with Gasteiger partial charge in [0.15, 0.2) is 0 Å². The number of benzene rings is 1. The maximum absolute atomic E-state index is 5.45. The van der Waals surface area contributed by atoms with Crippen molar-refractivity contribution in [1.82, 2.24) is 9.55 Å². The van der Waals surface area contributed by atoms with Gasteiger partial charge in [-0.2, -0.15) is 0 Å². The summed E-state index contributed by atoms with van der Waals surface area (Å²) in [6, 6.07) is 6.53. The Morgan fingerprint density at radius 2 is 2.35 bits per heavy atom. The number of hydrogen-bond acceptors (Lipinski definition) is 3. The molecule has 4 heteroatoms. The largest absolute Gasteiger partial charge is 0.384 e. The Hall–Kier alpha value is -1.81. The molecule has 0 fully saturated rings. The van der Waals surface area contributed by atoms with Gasteiger partial charge in [0.1, 0.15) is 0 Å². The van der Waals surface area contributed by atoms with Crippen LogP contribution in [0.3, 0.4) is 0 Å². The lowest BCUT2D eigenvalue weighted by Gasteiger charge is -2.21. The summed E-state index contributed by atoms with van der Waals surface area (Å²) >= 11 is 0. The van der Waals surface area contributed by atoms with E-state index >= 15 is 0 Å². The molecule has 20 heavy (non-hydrogen) atoms. The SMILES string of the molecule is CCOCCn1cncc1-c1cccc2c1NCCC2. The highest BCUT2D eigenvalue weighted by Gasteiger charge is 2.15. The molecular formula is C16H21N3O. The maximum Gasteiger partial charge on any atom is 0.0951 e. The molecule has 2 heterocycles. The molecule has 0 saturated carbocycles. The average Bonchev–Trinajstić information content (AvgIpc) is 2.95. The molecule has 0 radical (unpaired) electrons. The van der Waals surface area contributed by atoms with Crippen LogP contribution in [0.4, 0.5) is 5.69 Å². The van der Waals surface area contributed by atoms with E-state index in [1.165, 1.54) is 23.2 Å². The molecule has 1 aliphatic rings. The second-order valence-corrected chi connectivity index (χ2v) is 5.04. The first kappa shape index (κ1) is 13.2. The number of ether oxygens (including phenoxy) is 1. The van der Waals surface area contributed by atoms with Gasteiger partial charge in [0.05, 0.1) is 24.8 Å². The molecule has 106 valence electrons. The molecule has 1 aromatic carbocycles. The predicted octanol–water partition coefficient (Wildman–Crippen LogP) is 2.94. The molecule has 0 unspecified atom stereocenters. The molecule has 1 aliphatic heterocycles. The molecule has 3 rings (SSSR count). The van der Waals surface area contributed by atoms with Crippen molar-refractivity contribution >= 4 is 5.69 Å². The summed E-state index contributed by atoms with van der Waals surface area (Å²) in [5, 5.41) is 3.54. The minimum Gasteiger partial charge on any atom is -0.384 e. The summed E-state index contributed by atoms with van der Waals surface area (Å²) < 4.78 is 7.61. The zero-order chi connectivity index (χ0) is 13.8. The molecule has 0 atom stereocenters. The second kappa shape index (κ2) is 6.09. The fourth-order valence-corrected chi connectivity index (χ4v) is 2.75. The summed E-state index contributed by atoms with van der Waals surface area (Å²) in [7, 11) is 0. The van der Waals surface area contributed by atoms with Gasteiger partial charge in [-0.25, -0.2) is 4.98 Å². The molecule has 1 N–H and O–H groups in total. The van der Waals surface area contributed by atoms with Gasteiger partial charge in [-0.3, -0.25) is 0 Å². The number of anilines is 1.